The zero-order chi connectivity index (χ0) is 22.5. The number of nitrogens with zero attached hydrogens (tertiary/aromatic N) is 4. The van der Waals surface area contributed by atoms with Crippen LogP contribution in [0.1, 0.15) is 28.0 Å². The number of aromatic nitrogens is 3. The summed E-state index contributed by atoms with van der Waals surface area (Å²) in [7, 11) is 0. The summed E-state index contributed by atoms with van der Waals surface area (Å²) in [5.41, 5.74) is 1.37. The summed E-state index contributed by atoms with van der Waals surface area (Å²) < 4.78 is 29.5. The van der Waals surface area contributed by atoms with Crippen molar-refractivity contribution in [2.45, 2.75) is 38.1 Å². The molecule has 166 valence electrons. The number of hydrogen-bond donors (Lipinski definition) is 1. The Morgan fingerprint density at radius 2 is 1.84 bits per heavy atom. The molecular weight excluding hydrogens is 416 g/mol. The molecule has 7 nitrogen and oxygen atoms in total. The van der Waals surface area contributed by atoms with Crippen LogP contribution < -0.4 is 5.32 Å². The number of likely N-dealkylation sites (tertiary alicyclic amines) is 1. The fourth-order valence-electron chi connectivity index (χ4n) is 3.82. The van der Waals surface area contributed by atoms with Crippen LogP contribution in [0, 0.1) is 5.82 Å². The summed E-state index contributed by atoms with van der Waals surface area (Å²) in [4.78, 5) is 26.5. The maximum Gasteiger partial charge on any atom is 0.273 e. The maximum atomic E-state index is 14.1. The normalized spacial score (nSPS) is 18.0. The van der Waals surface area contributed by atoms with Gasteiger partial charge in [-0.3, -0.25) is 9.59 Å². The van der Waals surface area contributed by atoms with Crippen LogP contribution in [0.15, 0.2) is 60.8 Å². The second-order valence-corrected chi connectivity index (χ2v) is 7.80. The number of carbonyl (C=O) groups is 2. The van der Waals surface area contributed by atoms with Gasteiger partial charge in [0.25, 0.3) is 5.91 Å². The van der Waals surface area contributed by atoms with Gasteiger partial charge in [-0.1, -0.05) is 53.7 Å². The van der Waals surface area contributed by atoms with Crippen molar-refractivity contribution in [2.75, 3.05) is 6.54 Å². The Bertz CT molecular complexity index is 1090. The van der Waals surface area contributed by atoms with E-state index in [1.165, 1.54) is 21.8 Å². The predicted molar refractivity (Wildman–Crippen MR) is 113 cm³/mol. The first-order valence-electron chi connectivity index (χ1n) is 10.4. The molecule has 1 saturated heterocycles. The van der Waals surface area contributed by atoms with Crippen LogP contribution >= 0.6 is 0 Å². The van der Waals surface area contributed by atoms with E-state index in [0.29, 0.717) is 6.54 Å². The molecule has 9 heteroatoms. The Kier molecular flexibility index (Phi) is 6.53. The average molecular weight is 439 g/mol. The van der Waals surface area contributed by atoms with Crippen LogP contribution in [0.2, 0.25) is 0 Å². The monoisotopic (exact) mass is 439 g/mol. The van der Waals surface area contributed by atoms with E-state index in [4.69, 9.17) is 0 Å². The smallest absolute Gasteiger partial charge is 0.273 e. The standard InChI is InChI=1S/C23H23F2N5O2/c24-18-11-19(30(13-18)22(31)10-17-8-4-5-9-20(17)25)14-29-15-21(27-28-29)23(32)26-12-16-6-2-1-3-7-16/h1-9,15,18-19H,10-14H2,(H,26,32)/t18-,19-/m0/s1. The Morgan fingerprint density at radius 1 is 1.09 bits per heavy atom. The Morgan fingerprint density at radius 3 is 2.62 bits per heavy atom. The summed E-state index contributed by atoms with van der Waals surface area (Å²) in [6, 6.07) is 15.1. The Balaban J connectivity index is 1.37. The molecule has 0 bridgehead atoms. The van der Waals surface area contributed by atoms with Gasteiger partial charge >= 0.3 is 0 Å². The van der Waals surface area contributed by atoms with E-state index in [1.807, 2.05) is 30.3 Å². The zero-order valence-corrected chi connectivity index (χ0v) is 17.3. The molecule has 0 radical (unpaired) electrons. The van der Waals surface area contributed by atoms with Crippen molar-refractivity contribution < 1.29 is 18.4 Å². The van der Waals surface area contributed by atoms with Gasteiger partial charge in [0, 0.05) is 13.0 Å². The Hall–Kier alpha value is -3.62. The van der Waals surface area contributed by atoms with Gasteiger partial charge in [-0.05, 0) is 17.2 Å². The molecule has 2 atom stereocenters. The number of rotatable bonds is 7. The number of benzene rings is 2. The largest absolute Gasteiger partial charge is 0.347 e. The lowest BCUT2D eigenvalue weighted by molar-refractivity contribution is -0.131. The molecule has 32 heavy (non-hydrogen) atoms. The second-order valence-electron chi connectivity index (χ2n) is 7.80. The van der Waals surface area contributed by atoms with Crippen molar-refractivity contribution in [1.29, 1.82) is 0 Å². The van der Waals surface area contributed by atoms with Gasteiger partial charge in [-0.15, -0.1) is 5.10 Å². The quantitative estimate of drug-likeness (QED) is 0.614. The average Bonchev–Trinajstić information content (AvgIpc) is 3.41. The fraction of sp³-hybridized carbons (Fsp3) is 0.304. The van der Waals surface area contributed by atoms with E-state index in [9.17, 15) is 18.4 Å². The van der Waals surface area contributed by atoms with Crippen molar-refractivity contribution in [3.05, 3.63) is 83.4 Å². The van der Waals surface area contributed by atoms with E-state index in [2.05, 4.69) is 15.6 Å². The summed E-state index contributed by atoms with van der Waals surface area (Å²) in [6.45, 7) is 0.510. The lowest BCUT2D eigenvalue weighted by Gasteiger charge is -2.24. The SMILES string of the molecule is O=C(NCc1ccccc1)c1cn(C[C@@H]2C[C@H](F)CN2C(=O)Cc2ccccc2F)nn1. The van der Waals surface area contributed by atoms with Crippen LogP contribution in [-0.4, -0.2) is 50.5 Å². The number of alkyl halides is 1. The highest BCUT2D eigenvalue weighted by molar-refractivity contribution is 5.91. The first-order chi connectivity index (χ1) is 15.5. The number of carbonyl (C=O) groups excluding carboxylic acids is 2. The minimum Gasteiger partial charge on any atom is -0.347 e. The van der Waals surface area contributed by atoms with Crippen LogP contribution in [-0.2, 0) is 24.3 Å². The summed E-state index contributed by atoms with van der Waals surface area (Å²) >= 11 is 0. The number of halogens is 2. The molecule has 1 fully saturated rings. The molecule has 4 rings (SSSR count). The highest BCUT2D eigenvalue weighted by atomic mass is 19.1. The molecule has 0 unspecified atom stereocenters. The topological polar surface area (TPSA) is 80.1 Å². The first-order valence-corrected chi connectivity index (χ1v) is 10.4. The fourth-order valence-corrected chi connectivity index (χ4v) is 3.82. The lowest BCUT2D eigenvalue weighted by Crippen LogP contribution is -2.39. The molecule has 0 spiro atoms. The van der Waals surface area contributed by atoms with E-state index >= 15 is 0 Å². The molecule has 3 aromatic rings. The van der Waals surface area contributed by atoms with Crippen molar-refractivity contribution in [2.24, 2.45) is 0 Å². The van der Waals surface area contributed by atoms with Gasteiger partial charge in [-0.2, -0.15) is 0 Å². The van der Waals surface area contributed by atoms with E-state index in [1.54, 1.807) is 18.2 Å². The highest BCUT2D eigenvalue weighted by Crippen LogP contribution is 2.23. The minimum absolute atomic E-state index is 0.0446. The molecular formula is C23H23F2N5O2. The summed E-state index contributed by atoms with van der Waals surface area (Å²) in [6.07, 6.45) is 0.325. The van der Waals surface area contributed by atoms with Crippen LogP contribution in [0.25, 0.3) is 0 Å². The van der Waals surface area contributed by atoms with E-state index in [-0.39, 0.29) is 49.0 Å². The third-order valence-electron chi connectivity index (χ3n) is 5.45. The van der Waals surface area contributed by atoms with Gasteiger partial charge in [-0.25, -0.2) is 13.5 Å². The van der Waals surface area contributed by atoms with Crippen molar-refractivity contribution in [1.82, 2.24) is 25.2 Å². The highest BCUT2D eigenvalue weighted by Gasteiger charge is 2.36. The van der Waals surface area contributed by atoms with Crippen molar-refractivity contribution in [3.63, 3.8) is 0 Å². The number of nitrogens with one attached hydrogen (secondary N) is 1. The molecule has 1 aromatic heterocycles. The van der Waals surface area contributed by atoms with Gasteiger partial charge < -0.3 is 10.2 Å². The van der Waals surface area contributed by atoms with E-state index < -0.39 is 18.0 Å². The van der Waals surface area contributed by atoms with Crippen LogP contribution in [0.3, 0.4) is 0 Å². The predicted octanol–water partition coefficient (Wildman–Crippen LogP) is 2.53. The molecule has 1 aliphatic heterocycles. The van der Waals surface area contributed by atoms with Gasteiger partial charge in [0.15, 0.2) is 5.69 Å². The molecule has 2 aromatic carbocycles. The second kappa shape index (κ2) is 9.67. The zero-order valence-electron chi connectivity index (χ0n) is 17.3. The van der Waals surface area contributed by atoms with Crippen LogP contribution in [0.4, 0.5) is 8.78 Å². The van der Waals surface area contributed by atoms with Crippen LogP contribution in [0.5, 0.6) is 0 Å². The summed E-state index contributed by atoms with van der Waals surface area (Å²) in [5, 5.41) is 10.6. The maximum absolute atomic E-state index is 14.1. The molecule has 1 aliphatic rings. The van der Waals surface area contributed by atoms with E-state index in [0.717, 1.165) is 5.56 Å². The minimum atomic E-state index is -1.17. The molecule has 1 N–H and O–H groups in total. The number of amides is 2. The molecule has 2 heterocycles. The molecule has 2 amide bonds. The third kappa shape index (κ3) is 5.16. The van der Waals surface area contributed by atoms with Gasteiger partial charge in [0.05, 0.1) is 31.7 Å². The summed E-state index contributed by atoms with van der Waals surface area (Å²) in [5.74, 6) is -1.18. The van der Waals surface area contributed by atoms with Crippen molar-refractivity contribution >= 4 is 11.8 Å². The third-order valence-corrected chi connectivity index (χ3v) is 5.45. The first kappa shape index (κ1) is 21.6. The van der Waals surface area contributed by atoms with Gasteiger partial charge in [0.1, 0.15) is 12.0 Å². The lowest BCUT2D eigenvalue weighted by atomic mass is 10.1. The molecule has 0 saturated carbocycles. The Labute approximate surface area is 184 Å². The molecule has 0 aliphatic carbocycles. The van der Waals surface area contributed by atoms with Gasteiger partial charge in [0.2, 0.25) is 5.91 Å². The van der Waals surface area contributed by atoms with Crippen molar-refractivity contribution in [3.8, 4) is 0 Å². The number of hydrogen-bond acceptors (Lipinski definition) is 4.